The van der Waals surface area contributed by atoms with E-state index in [-0.39, 0.29) is 17.9 Å². The van der Waals surface area contributed by atoms with E-state index in [0.29, 0.717) is 11.3 Å². The molecular formula is C18H17NO3. The van der Waals surface area contributed by atoms with Crippen molar-refractivity contribution in [2.45, 2.75) is 6.92 Å². The van der Waals surface area contributed by atoms with E-state index in [4.69, 9.17) is 4.74 Å². The first-order chi connectivity index (χ1) is 10.7. The van der Waals surface area contributed by atoms with E-state index in [9.17, 15) is 9.90 Å². The van der Waals surface area contributed by atoms with Crippen LogP contribution in [0.25, 0.3) is 5.76 Å². The number of aliphatic hydroxyl groups excluding tert-OH is 1. The molecule has 0 heterocycles. The third-order valence-electron chi connectivity index (χ3n) is 2.90. The molecule has 0 atom stereocenters. The summed E-state index contributed by atoms with van der Waals surface area (Å²) in [6, 6.07) is 18.0. The van der Waals surface area contributed by atoms with Crippen LogP contribution in [0.1, 0.15) is 12.5 Å². The SMILES string of the molecule is CCOC(=O)/C(C=Nc1ccccc1)=C(/O)c1ccccc1. The average molecular weight is 295 g/mol. The van der Waals surface area contributed by atoms with E-state index in [1.54, 1.807) is 43.3 Å². The van der Waals surface area contributed by atoms with Crippen LogP contribution in [0.3, 0.4) is 0 Å². The van der Waals surface area contributed by atoms with Gasteiger partial charge in [0.05, 0.1) is 12.3 Å². The number of esters is 1. The molecule has 0 radical (unpaired) electrons. The lowest BCUT2D eigenvalue weighted by atomic mass is 10.1. The molecule has 0 amide bonds. The minimum absolute atomic E-state index is 0.0249. The maximum atomic E-state index is 12.0. The van der Waals surface area contributed by atoms with Crippen molar-refractivity contribution in [2.24, 2.45) is 4.99 Å². The van der Waals surface area contributed by atoms with E-state index >= 15 is 0 Å². The van der Waals surface area contributed by atoms with Crippen molar-refractivity contribution in [3.05, 3.63) is 71.8 Å². The molecule has 4 nitrogen and oxygen atoms in total. The molecule has 0 aromatic heterocycles. The number of aliphatic hydroxyl groups is 1. The lowest BCUT2D eigenvalue weighted by molar-refractivity contribution is -0.137. The lowest BCUT2D eigenvalue weighted by Gasteiger charge is -2.06. The van der Waals surface area contributed by atoms with Crippen molar-refractivity contribution in [3.63, 3.8) is 0 Å². The zero-order valence-corrected chi connectivity index (χ0v) is 12.3. The molecule has 0 fully saturated rings. The molecule has 1 N–H and O–H groups in total. The fourth-order valence-corrected chi connectivity index (χ4v) is 1.82. The van der Waals surface area contributed by atoms with Crippen LogP contribution in [-0.2, 0) is 9.53 Å². The van der Waals surface area contributed by atoms with Gasteiger partial charge in [0.15, 0.2) is 0 Å². The Morgan fingerprint density at radius 3 is 2.27 bits per heavy atom. The Morgan fingerprint density at radius 1 is 1.09 bits per heavy atom. The molecule has 22 heavy (non-hydrogen) atoms. The van der Waals surface area contributed by atoms with Gasteiger partial charge < -0.3 is 9.84 Å². The average Bonchev–Trinajstić information content (AvgIpc) is 2.57. The second kappa shape index (κ2) is 7.78. The zero-order chi connectivity index (χ0) is 15.8. The molecule has 2 rings (SSSR count). The normalized spacial score (nSPS) is 12.0. The van der Waals surface area contributed by atoms with Crippen molar-refractivity contribution in [3.8, 4) is 0 Å². The van der Waals surface area contributed by atoms with Crippen molar-refractivity contribution in [1.29, 1.82) is 0 Å². The van der Waals surface area contributed by atoms with E-state index < -0.39 is 5.97 Å². The topological polar surface area (TPSA) is 58.9 Å². The first-order valence-corrected chi connectivity index (χ1v) is 6.97. The maximum absolute atomic E-state index is 12.0. The number of para-hydroxylation sites is 1. The Balaban J connectivity index is 2.39. The third-order valence-corrected chi connectivity index (χ3v) is 2.90. The van der Waals surface area contributed by atoms with E-state index in [1.165, 1.54) is 6.21 Å². The minimum atomic E-state index is -0.608. The standard InChI is InChI=1S/C18H17NO3/c1-2-22-18(21)16(13-19-15-11-7-4-8-12-15)17(20)14-9-5-3-6-10-14/h3-13,20H,2H2,1H3/b17-16+,19-13?. The number of aliphatic imine (C=N–C) groups is 1. The third kappa shape index (κ3) is 4.06. The number of hydrogen-bond acceptors (Lipinski definition) is 4. The van der Waals surface area contributed by atoms with Gasteiger partial charge in [0, 0.05) is 11.8 Å². The summed E-state index contributed by atoms with van der Waals surface area (Å²) in [5, 5.41) is 10.3. The molecular weight excluding hydrogens is 278 g/mol. The number of hydrogen-bond donors (Lipinski definition) is 1. The van der Waals surface area contributed by atoms with Gasteiger partial charge in [-0.3, -0.25) is 4.99 Å². The van der Waals surface area contributed by atoms with E-state index in [2.05, 4.69) is 4.99 Å². The van der Waals surface area contributed by atoms with Gasteiger partial charge in [-0.15, -0.1) is 0 Å². The number of nitrogens with zero attached hydrogens (tertiary/aromatic N) is 1. The highest BCUT2D eigenvalue weighted by Crippen LogP contribution is 2.17. The zero-order valence-electron chi connectivity index (χ0n) is 12.3. The molecule has 0 saturated carbocycles. The molecule has 4 heteroatoms. The first-order valence-electron chi connectivity index (χ1n) is 6.97. The summed E-state index contributed by atoms with van der Waals surface area (Å²) < 4.78 is 4.99. The summed E-state index contributed by atoms with van der Waals surface area (Å²) in [5.74, 6) is -0.762. The van der Waals surface area contributed by atoms with Crippen LogP contribution < -0.4 is 0 Å². The fraction of sp³-hybridized carbons (Fsp3) is 0.111. The van der Waals surface area contributed by atoms with Crippen molar-refractivity contribution in [1.82, 2.24) is 0 Å². The molecule has 2 aromatic rings. The number of rotatable bonds is 5. The molecule has 0 aliphatic heterocycles. The van der Waals surface area contributed by atoms with Gasteiger partial charge in [-0.1, -0.05) is 48.5 Å². The second-order valence-corrected chi connectivity index (χ2v) is 4.44. The molecule has 0 spiro atoms. The van der Waals surface area contributed by atoms with Gasteiger partial charge in [-0.05, 0) is 19.1 Å². The fourth-order valence-electron chi connectivity index (χ4n) is 1.82. The number of benzene rings is 2. The number of ether oxygens (including phenoxy) is 1. The smallest absolute Gasteiger partial charge is 0.343 e. The van der Waals surface area contributed by atoms with Gasteiger partial charge in [-0.25, -0.2) is 4.79 Å². The largest absolute Gasteiger partial charge is 0.506 e. The molecule has 2 aromatic carbocycles. The minimum Gasteiger partial charge on any atom is -0.506 e. The van der Waals surface area contributed by atoms with Crippen LogP contribution in [0.4, 0.5) is 5.69 Å². The maximum Gasteiger partial charge on any atom is 0.343 e. The van der Waals surface area contributed by atoms with Crippen LogP contribution in [0.2, 0.25) is 0 Å². The van der Waals surface area contributed by atoms with Crippen LogP contribution in [0.5, 0.6) is 0 Å². The van der Waals surface area contributed by atoms with Gasteiger partial charge in [0.2, 0.25) is 0 Å². The Bertz CT molecular complexity index is 676. The highest BCUT2D eigenvalue weighted by Gasteiger charge is 2.16. The summed E-state index contributed by atoms with van der Waals surface area (Å²) >= 11 is 0. The highest BCUT2D eigenvalue weighted by molar-refractivity contribution is 6.15. The van der Waals surface area contributed by atoms with Gasteiger partial charge in [-0.2, -0.15) is 0 Å². The Kier molecular flexibility index (Phi) is 5.49. The summed E-state index contributed by atoms with van der Waals surface area (Å²) in [6.45, 7) is 1.94. The molecule has 0 unspecified atom stereocenters. The lowest BCUT2D eigenvalue weighted by Crippen LogP contribution is -2.11. The Labute approximate surface area is 129 Å². The second-order valence-electron chi connectivity index (χ2n) is 4.44. The predicted octanol–water partition coefficient (Wildman–Crippen LogP) is 3.92. The summed E-state index contributed by atoms with van der Waals surface area (Å²) in [6.07, 6.45) is 1.33. The van der Waals surface area contributed by atoms with Gasteiger partial charge in [0.25, 0.3) is 0 Å². The molecule has 0 bridgehead atoms. The number of carbonyl (C=O) groups is 1. The van der Waals surface area contributed by atoms with Gasteiger partial charge >= 0.3 is 5.97 Å². The van der Waals surface area contributed by atoms with Crippen LogP contribution in [-0.4, -0.2) is 23.9 Å². The molecule has 0 aliphatic carbocycles. The van der Waals surface area contributed by atoms with Crippen molar-refractivity contribution >= 4 is 23.6 Å². The predicted molar refractivity (Wildman–Crippen MR) is 87.2 cm³/mol. The first kappa shape index (κ1) is 15.5. The summed E-state index contributed by atoms with van der Waals surface area (Å²) in [5.41, 5.74) is 1.24. The molecule has 0 saturated heterocycles. The van der Waals surface area contributed by atoms with E-state index in [0.717, 1.165) is 0 Å². The van der Waals surface area contributed by atoms with Gasteiger partial charge in [0.1, 0.15) is 11.3 Å². The summed E-state index contributed by atoms with van der Waals surface area (Å²) in [7, 11) is 0. The van der Waals surface area contributed by atoms with Crippen LogP contribution in [0.15, 0.2) is 71.2 Å². The van der Waals surface area contributed by atoms with Crippen molar-refractivity contribution < 1.29 is 14.6 Å². The monoisotopic (exact) mass is 295 g/mol. The van der Waals surface area contributed by atoms with Crippen molar-refractivity contribution in [2.75, 3.05) is 6.61 Å². The number of carbonyl (C=O) groups excluding carboxylic acids is 1. The Morgan fingerprint density at radius 2 is 1.68 bits per heavy atom. The van der Waals surface area contributed by atoms with E-state index in [1.807, 2.05) is 24.3 Å². The molecule has 0 aliphatic rings. The van der Waals surface area contributed by atoms with Crippen LogP contribution in [0, 0.1) is 0 Å². The Hall–Kier alpha value is -2.88. The van der Waals surface area contributed by atoms with Crippen LogP contribution >= 0.6 is 0 Å². The highest BCUT2D eigenvalue weighted by atomic mass is 16.5. The summed E-state index contributed by atoms with van der Waals surface area (Å²) in [4.78, 5) is 16.3. The quantitative estimate of drug-likeness (QED) is 0.393. The molecule has 112 valence electrons.